The number of benzene rings is 1. The molecule has 1 amide bonds. The minimum Gasteiger partial charge on any atom is -0.353 e. The molecule has 23 heavy (non-hydrogen) atoms. The zero-order chi connectivity index (χ0) is 17.3. The molecule has 0 aromatic heterocycles. The van der Waals surface area contributed by atoms with Crippen LogP contribution in [0.15, 0.2) is 23.1 Å². The van der Waals surface area contributed by atoms with Crippen LogP contribution >= 0.6 is 11.6 Å². The van der Waals surface area contributed by atoms with Crippen molar-refractivity contribution in [1.29, 1.82) is 0 Å². The van der Waals surface area contributed by atoms with Gasteiger partial charge in [-0.1, -0.05) is 11.6 Å². The van der Waals surface area contributed by atoms with Crippen molar-refractivity contribution in [2.45, 2.75) is 36.4 Å². The van der Waals surface area contributed by atoms with E-state index in [1.807, 2.05) is 0 Å². The third-order valence-electron chi connectivity index (χ3n) is 3.14. The molecule has 0 radical (unpaired) electrons. The maximum absolute atomic E-state index is 12.7. The first-order valence-corrected chi connectivity index (χ1v) is 8.61. The molecular formula is C13H14ClF3N2O3S. The molecule has 0 spiro atoms. The molecule has 128 valence electrons. The van der Waals surface area contributed by atoms with Crippen molar-refractivity contribution < 1.29 is 26.4 Å². The Hall–Kier alpha value is -1.32. The minimum atomic E-state index is -4.76. The van der Waals surface area contributed by atoms with Gasteiger partial charge in [-0.3, -0.25) is 4.79 Å². The summed E-state index contributed by atoms with van der Waals surface area (Å²) in [4.78, 5) is 10.9. The van der Waals surface area contributed by atoms with Gasteiger partial charge in [0, 0.05) is 19.0 Å². The molecule has 0 heterocycles. The highest BCUT2D eigenvalue weighted by Crippen LogP contribution is 2.35. The van der Waals surface area contributed by atoms with Crippen LogP contribution in [0.3, 0.4) is 0 Å². The maximum atomic E-state index is 12.7. The van der Waals surface area contributed by atoms with Crippen molar-refractivity contribution in [2.75, 3.05) is 6.54 Å². The van der Waals surface area contributed by atoms with E-state index in [0.717, 1.165) is 25.0 Å². The highest BCUT2D eigenvalue weighted by Gasteiger charge is 2.34. The summed E-state index contributed by atoms with van der Waals surface area (Å²) in [5.74, 6) is -0.303. The predicted molar refractivity (Wildman–Crippen MR) is 77.4 cm³/mol. The lowest BCUT2D eigenvalue weighted by Crippen LogP contribution is -2.31. The van der Waals surface area contributed by atoms with Crippen molar-refractivity contribution in [3.8, 4) is 0 Å². The molecule has 1 aliphatic rings. The second kappa shape index (κ2) is 6.66. The molecule has 2 N–H and O–H groups in total. The second-order valence-electron chi connectivity index (χ2n) is 5.13. The van der Waals surface area contributed by atoms with Gasteiger partial charge in [0.05, 0.1) is 15.5 Å². The third kappa shape index (κ3) is 5.08. The van der Waals surface area contributed by atoms with Crippen molar-refractivity contribution in [1.82, 2.24) is 10.0 Å². The largest absolute Gasteiger partial charge is 0.417 e. The van der Waals surface area contributed by atoms with Gasteiger partial charge in [0.2, 0.25) is 15.9 Å². The first-order valence-electron chi connectivity index (χ1n) is 6.75. The number of alkyl halides is 3. The Balaban J connectivity index is 2.02. The number of hydrogen-bond donors (Lipinski definition) is 2. The summed E-state index contributed by atoms with van der Waals surface area (Å²) in [6.45, 7) is -0.204. The first kappa shape index (κ1) is 18.0. The lowest BCUT2D eigenvalue weighted by atomic mass is 10.2. The predicted octanol–water partition coefficient (Wildman–Crippen LogP) is 2.31. The topological polar surface area (TPSA) is 75.3 Å². The average molecular weight is 371 g/mol. The number of hydrogen-bond acceptors (Lipinski definition) is 3. The Labute approximate surface area is 136 Å². The molecule has 0 unspecified atom stereocenters. The van der Waals surface area contributed by atoms with E-state index >= 15 is 0 Å². The lowest BCUT2D eigenvalue weighted by molar-refractivity contribution is -0.137. The number of amides is 1. The van der Waals surface area contributed by atoms with Crippen molar-refractivity contribution in [3.63, 3.8) is 0 Å². The standard InChI is InChI=1S/C13H14ClF3N2O3S/c14-11-4-3-9(7-10(11)13(15,16)17)23(21,22)18-6-5-12(20)19-8-1-2-8/h3-4,7-8,18H,1-2,5-6H2,(H,19,20). The molecule has 0 aliphatic heterocycles. The van der Waals surface area contributed by atoms with Gasteiger partial charge in [-0.15, -0.1) is 0 Å². The molecule has 5 nitrogen and oxygen atoms in total. The molecule has 0 atom stereocenters. The maximum Gasteiger partial charge on any atom is 0.417 e. The Morgan fingerprint density at radius 2 is 1.96 bits per heavy atom. The smallest absolute Gasteiger partial charge is 0.353 e. The number of rotatable bonds is 6. The van der Waals surface area contributed by atoms with E-state index in [1.54, 1.807) is 0 Å². The molecule has 1 aromatic rings. The first-order chi connectivity index (χ1) is 10.6. The molecule has 1 aliphatic carbocycles. The van der Waals surface area contributed by atoms with Crippen LogP contribution in [-0.4, -0.2) is 26.9 Å². The van der Waals surface area contributed by atoms with E-state index in [1.165, 1.54) is 0 Å². The van der Waals surface area contributed by atoms with Crippen LogP contribution in [0.2, 0.25) is 5.02 Å². The van der Waals surface area contributed by atoms with Crippen LogP contribution in [0.1, 0.15) is 24.8 Å². The van der Waals surface area contributed by atoms with E-state index in [0.29, 0.717) is 6.07 Å². The monoisotopic (exact) mass is 370 g/mol. The van der Waals surface area contributed by atoms with Gasteiger partial charge in [-0.25, -0.2) is 13.1 Å². The van der Waals surface area contributed by atoms with Crippen LogP contribution in [-0.2, 0) is 21.0 Å². The van der Waals surface area contributed by atoms with Crippen molar-refractivity contribution in [3.05, 3.63) is 28.8 Å². The van der Waals surface area contributed by atoms with E-state index in [2.05, 4.69) is 10.0 Å². The van der Waals surface area contributed by atoms with Gasteiger partial charge in [-0.05, 0) is 31.0 Å². The summed E-state index contributed by atoms with van der Waals surface area (Å²) < 4.78 is 64.3. The summed E-state index contributed by atoms with van der Waals surface area (Å²) >= 11 is 5.44. The summed E-state index contributed by atoms with van der Waals surface area (Å²) in [6.07, 6.45) is -3.03. The van der Waals surface area contributed by atoms with Gasteiger partial charge in [0.15, 0.2) is 0 Å². The number of carbonyl (C=O) groups excluding carboxylic acids is 1. The SMILES string of the molecule is O=C(CCNS(=O)(=O)c1ccc(Cl)c(C(F)(F)F)c1)NC1CC1. The molecule has 2 rings (SSSR count). The minimum absolute atomic E-state index is 0.0878. The Morgan fingerprint density at radius 3 is 2.52 bits per heavy atom. The van der Waals surface area contributed by atoms with Gasteiger partial charge < -0.3 is 5.32 Å². The van der Waals surface area contributed by atoms with Gasteiger partial charge in [-0.2, -0.15) is 13.2 Å². The lowest BCUT2D eigenvalue weighted by Gasteiger charge is -2.12. The highest BCUT2D eigenvalue weighted by atomic mass is 35.5. The van der Waals surface area contributed by atoms with Crippen LogP contribution in [0, 0.1) is 0 Å². The quantitative estimate of drug-likeness (QED) is 0.806. The van der Waals surface area contributed by atoms with E-state index in [4.69, 9.17) is 11.6 Å². The van der Waals surface area contributed by atoms with E-state index in [-0.39, 0.29) is 24.9 Å². The Bertz CT molecular complexity index is 703. The average Bonchev–Trinajstić information content (AvgIpc) is 3.21. The number of carbonyl (C=O) groups is 1. The summed E-state index contributed by atoms with van der Waals surface area (Å²) in [6, 6.07) is 2.47. The number of nitrogens with one attached hydrogen (secondary N) is 2. The van der Waals surface area contributed by atoms with Crippen molar-refractivity contribution >= 4 is 27.5 Å². The molecule has 1 fully saturated rings. The molecule has 10 heteroatoms. The van der Waals surface area contributed by atoms with Crippen LogP contribution in [0.5, 0.6) is 0 Å². The normalized spacial score (nSPS) is 15.5. The van der Waals surface area contributed by atoms with Gasteiger partial charge in [0.1, 0.15) is 0 Å². The zero-order valence-electron chi connectivity index (χ0n) is 11.8. The van der Waals surface area contributed by atoms with Crippen molar-refractivity contribution in [2.24, 2.45) is 0 Å². The zero-order valence-corrected chi connectivity index (χ0v) is 13.4. The van der Waals surface area contributed by atoms with Gasteiger partial charge >= 0.3 is 6.18 Å². The molecule has 1 saturated carbocycles. The fourth-order valence-corrected chi connectivity index (χ4v) is 3.08. The summed E-state index contributed by atoms with van der Waals surface area (Å²) in [7, 11) is -4.16. The summed E-state index contributed by atoms with van der Waals surface area (Å²) in [5, 5.41) is 2.09. The van der Waals surface area contributed by atoms with E-state index < -0.39 is 31.7 Å². The van der Waals surface area contributed by atoms with Crippen LogP contribution < -0.4 is 10.0 Å². The third-order valence-corrected chi connectivity index (χ3v) is 4.93. The molecule has 0 bridgehead atoms. The highest BCUT2D eigenvalue weighted by molar-refractivity contribution is 7.89. The van der Waals surface area contributed by atoms with Crippen LogP contribution in [0.25, 0.3) is 0 Å². The second-order valence-corrected chi connectivity index (χ2v) is 7.30. The fourth-order valence-electron chi connectivity index (χ4n) is 1.80. The summed E-state index contributed by atoms with van der Waals surface area (Å²) in [5.41, 5.74) is -1.23. The van der Waals surface area contributed by atoms with Crippen LogP contribution in [0.4, 0.5) is 13.2 Å². The number of halogens is 4. The Kier molecular flexibility index (Phi) is 5.22. The molecule has 1 aromatic carbocycles. The van der Waals surface area contributed by atoms with E-state index in [9.17, 15) is 26.4 Å². The Morgan fingerprint density at radius 1 is 1.30 bits per heavy atom. The molecule has 0 saturated heterocycles. The number of sulfonamides is 1. The van der Waals surface area contributed by atoms with Gasteiger partial charge in [0.25, 0.3) is 0 Å². The molecular weight excluding hydrogens is 357 g/mol. The fraction of sp³-hybridized carbons (Fsp3) is 0.462.